The number of fused-ring (bicyclic) bond motifs is 3. The van der Waals surface area contributed by atoms with Gasteiger partial charge in [-0.25, -0.2) is 9.98 Å². The third kappa shape index (κ3) is 48.0. The summed E-state index contributed by atoms with van der Waals surface area (Å²) in [5, 5.41) is 15.1. The Morgan fingerprint density at radius 3 is 1.30 bits per heavy atom. The molecular formula is C131H191N11O2S. The summed E-state index contributed by atoms with van der Waals surface area (Å²) in [6.45, 7) is 94.6. The van der Waals surface area contributed by atoms with E-state index in [1.807, 2.05) is 47.9 Å². The molecule has 145 heavy (non-hydrogen) atoms. The molecule has 9 heterocycles. The van der Waals surface area contributed by atoms with Crippen molar-refractivity contribution in [1.29, 1.82) is 0 Å². The zero-order chi connectivity index (χ0) is 110. The largest absolute Gasteiger partial charge is 0.358 e. The number of aliphatic imine (C=N–C) groups is 3. The monoisotopic (exact) mass is 1980 g/mol. The van der Waals surface area contributed by atoms with Gasteiger partial charge in [-0.05, 0) is 215 Å². The molecule has 6 aromatic carbocycles. The van der Waals surface area contributed by atoms with Gasteiger partial charge in [-0.15, -0.1) is 0 Å². The van der Waals surface area contributed by atoms with E-state index in [9.17, 15) is 9.59 Å². The Labute approximate surface area is 885 Å². The van der Waals surface area contributed by atoms with Crippen LogP contribution in [0.5, 0.6) is 0 Å². The number of rotatable bonds is 1. The molecule has 6 aliphatic rings. The zero-order valence-corrected chi connectivity index (χ0v) is 98.8. The van der Waals surface area contributed by atoms with Gasteiger partial charge in [0.05, 0.1) is 19.5 Å². The van der Waals surface area contributed by atoms with Gasteiger partial charge < -0.3 is 15.2 Å². The zero-order valence-electron chi connectivity index (χ0n) is 98.0. The predicted molar refractivity (Wildman–Crippen MR) is 635 cm³/mol. The van der Waals surface area contributed by atoms with Crippen molar-refractivity contribution in [2.45, 2.75) is 378 Å². The van der Waals surface area contributed by atoms with Crippen LogP contribution < -0.4 is 5.32 Å². The lowest BCUT2D eigenvalue weighted by molar-refractivity contribution is -0.129. The number of carbonyl (C=O) groups excluding carboxylic acids is 2. The Kier molecular flexibility index (Phi) is 48.9. The van der Waals surface area contributed by atoms with Crippen molar-refractivity contribution < 1.29 is 9.59 Å². The number of nitrogens with zero attached hydrogens (tertiary/aromatic N) is 8. The molecular weight excluding hydrogens is 1790 g/mol. The molecule has 0 saturated carbocycles. The number of thiophene rings is 1. The highest BCUT2D eigenvalue weighted by Crippen LogP contribution is 2.41. The van der Waals surface area contributed by atoms with Crippen LogP contribution in [0.4, 0.5) is 5.69 Å². The van der Waals surface area contributed by atoms with Crippen LogP contribution in [0, 0.1) is 28.6 Å². The predicted octanol–water partition coefficient (Wildman–Crippen LogP) is 35.3. The summed E-state index contributed by atoms with van der Waals surface area (Å²) >= 11 is 1.77. The second kappa shape index (κ2) is 56.2. The second-order valence-corrected chi connectivity index (χ2v) is 52.5. The van der Waals surface area contributed by atoms with Crippen LogP contribution in [-0.4, -0.2) is 90.3 Å². The van der Waals surface area contributed by atoms with Gasteiger partial charge in [-0.3, -0.25) is 34.6 Å². The number of amides is 2. The van der Waals surface area contributed by atoms with Gasteiger partial charge in [0.1, 0.15) is 18.0 Å². The SMILES string of the molecule is CC(C)(C)C1=CCC=C1.CC(C)(C)C1=CCc2ccccc21.CC(C)(C)C1=NCC=C1.CC(C)(C)C1=NCC=N1.CC(C)(C)c1cc2ccccc2[nH]1.CC(C)(C)c1ccc2c(c1)NC(=O)C2.CC(C)(C)c1ccccc1.CC(C)(C)c1ccccc1.CC(C)(C)c1ccccn1.CC(C)(C)c1ccncc1.CC(C)(C)c1ccsc1.CC(C)(C)c1ncn[nH]1.CC(C)N1CCCC1=O.Cc1ccc(C(C)(C)C)cc1. The van der Waals surface area contributed by atoms with E-state index >= 15 is 0 Å². The Bertz CT molecular complexity index is 5460. The van der Waals surface area contributed by atoms with E-state index in [0.29, 0.717) is 40.0 Å². The number of amidine groups is 1. The molecule has 17 rings (SSSR count). The Morgan fingerprint density at radius 1 is 0.421 bits per heavy atom. The molecule has 1 saturated heterocycles. The topological polar surface area (TPSA) is 170 Å². The summed E-state index contributed by atoms with van der Waals surface area (Å²) in [4.78, 5) is 52.3. The third-order valence-electron chi connectivity index (χ3n) is 24.3. The van der Waals surface area contributed by atoms with E-state index in [1.165, 1.54) is 89.9 Å². The molecule has 0 spiro atoms. The van der Waals surface area contributed by atoms with Crippen LogP contribution in [0.2, 0.25) is 0 Å². The quantitative estimate of drug-likeness (QED) is 0.148. The lowest BCUT2D eigenvalue weighted by Crippen LogP contribution is -2.31. The van der Waals surface area contributed by atoms with Crippen molar-refractivity contribution in [2.24, 2.45) is 36.6 Å². The number of aromatic amines is 2. The van der Waals surface area contributed by atoms with Crippen LogP contribution in [0.15, 0.2) is 287 Å². The van der Waals surface area contributed by atoms with Crippen molar-refractivity contribution >= 4 is 63.1 Å². The third-order valence-corrected chi connectivity index (χ3v) is 24.9. The van der Waals surface area contributed by atoms with Gasteiger partial charge in [0.2, 0.25) is 11.8 Å². The fraction of sp³-hybridized carbons (Fsp3) is 0.489. The summed E-state index contributed by atoms with van der Waals surface area (Å²) < 4.78 is 0. The van der Waals surface area contributed by atoms with E-state index in [1.54, 1.807) is 11.3 Å². The number of hydrogen-bond acceptors (Lipinski definition) is 10. The molecule has 4 aliphatic heterocycles. The average molecular weight is 1980 g/mol. The number of carbonyl (C=O) groups is 2. The number of hydrogen-bond donors (Lipinski definition) is 3. The molecule has 1 fully saturated rings. The molecule has 3 N–H and O–H groups in total. The first kappa shape index (κ1) is 126. The maximum absolute atomic E-state index is 11.1. The number of anilines is 1. The maximum atomic E-state index is 11.1. The second-order valence-electron chi connectivity index (χ2n) is 51.7. The Balaban J connectivity index is 0.000000326. The molecule has 2 amide bonds. The van der Waals surface area contributed by atoms with Crippen molar-refractivity contribution in [3.8, 4) is 0 Å². The Morgan fingerprint density at radius 2 is 0.945 bits per heavy atom. The van der Waals surface area contributed by atoms with E-state index < -0.39 is 0 Å². The van der Waals surface area contributed by atoms with Crippen LogP contribution >= 0.6 is 11.3 Å². The fourth-order valence-corrected chi connectivity index (χ4v) is 15.7. The van der Waals surface area contributed by atoms with Crippen molar-refractivity contribution in [3.63, 3.8) is 0 Å². The van der Waals surface area contributed by atoms with Crippen molar-refractivity contribution in [1.82, 2.24) is 35.0 Å². The lowest BCUT2D eigenvalue weighted by atomic mass is 9.83. The summed E-state index contributed by atoms with van der Waals surface area (Å²) in [5.74, 6) is 2.33. The van der Waals surface area contributed by atoms with E-state index in [4.69, 9.17) is 0 Å². The number of nitrogens with one attached hydrogen (secondary N) is 3. The fourth-order valence-electron chi connectivity index (χ4n) is 14.8. The first-order valence-electron chi connectivity index (χ1n) is 52.4. The smallest absolute Gasteiger partial charge is 0.228 e. The lowest BCUT2D eigenvalue weighted by Gasteiger charge is -2.21. The number of para-hydroxylation sites is 1. The van der Waals surface area contributed by atoms with Crippen LogP contribution in [0.25, 0.3) is 16.5 Å². The van der Waals surface area contributed by atoms with Gasteiger partial charge in [0, 0.05) is 99.2 Å². The summed E-state index contributed by atoms with van der Waals surface area (Å²) in [5.41, 5.74) is 25.6. The van der Waals surface area contributed by atoms with Crippen LogP contribution in [-0.2, 0) is 71.2 Å². The molecule has 0 bridgehead atoms. The Hall–Kier alpha value is -11.1. The number of benzene rings is 6. The molecule has 0 atom stereocenters. The van der Waals surface area contributed by atoms with E-state index in [-0.39, 0.29) is 54.6 Å². The van der Waals surface area contributed by atoms with Crippen molar-refractivity contribution in [2.75, 3.05) is 25.0 Å². The number of allylic oxidation sites excluding steroid dienone is 7. The molecule has 11 aromatic rings. The highest BCUT2D eigenvalue weighted by molar-refractivity contribution is 7.08. The molecule has 13 nitrogen and oxygen atoms in total. The van der Waals surface area contributed by atoms with E-state index in [0.717, 1.165) is 73.9 Å². The van der Waals surface area contributed by atoms with Gasteiger partial charge >= 0.3 is 0 Å². The van der Waals surface area contributed by atoms with Gasteiger partial charge in [0.15, 0.2) is 0 Å². The van der Waals surface area contributed by atoms with Crippen LogP contribution in [0.3, 0.4) is 0 Å². The number of pyridine rings is 2. The molecule has 14 heteroatoms. The minimum atomic E-state index is 0.0938. The molecule has 5 aromatic heterocycles. The summed E-state index contributed by atoms with van der Waals surface area (Å²) in [6.07, 6.45) is 26.8. The molecule has 788 valence electrons. The van der Waals surface area contributed by atoms with Gasteiger partial charge in [-0.2, -0.15) is 16.4 Å². The molecule has 0 radical (unpaired) electrons. The first-order valence-corrected chi connectivity index (χ1v) is 53.4. The normalized spacial score (nSPS) is 14.1. The molecule has 2 aliphatic carbocycles. The first-order chi connectivity index (χ1) is 66.8. The minimum absolute atomic E-state index is 0.0938. The number of H-pyrrole nitrogens is 2. The number of aryl methyl sites for hydroxylation is 1. The van der Waals surface area contributed by atoms with Crippen LogP contribution in [0.1, 0.15) is 376 Å². The summed E-state index contributed by atoms with van der Waals surface area (Å²) in [6, 6.07) is 68.1. The van der Waals surface area contributed by atoms with Gasteiger partial charge in [-0.1, -0.05) is 452 Å². The number of likely N-dealkylation sites (tertiary alicyclic amines) is 1. The highest BCUT2D eigenvalue weighted by Gasteiger charge is 2.28. The van der Waals surface area contributed by atoms with Gasteiger partial charge in [0.25, 0.3) is 0 Å². The minimum Gasteiger partial charge on any atom is -0.358 e. The molecule has 0 unspecified atom stereocenters. The van der Waals surface area contributed by atoms with Crippen molar-refractivity contribution in [3.05, 3.63) is 345 Å². The number of aromatic nitrogens is 6. The highest BCUT2D eigenvalue weighted by atomic mass is 32.1. The van der Waals surface area contributed by atoms with E-state index in [2.05, 4.69) is 564 Å². The standard InChI is InChI=1S/C13H16.C12H15NO.C12H15N.C11H16.2C10H14.2C9H13N.C9H14.C8H13N.C8H12S.C7H12N2.C7H13NO.C6H11N3/c1-13(2,3)12-9-8-10-6-4-5-7-11(10)12;1-12(2,3)9-5-4-8-6-11(14)13-10(8)7-9;1-12(2,3)11-8-9-6-4-5-7-10(9)13-11;1-9-5-7-10(8-6-9)11(2,3)4;2*1-10(2,3)9-7-5-4-6-8-9;1-9(2,3)8-4-6-10-7-5-8;1-9(2,3)8-6-4-5-7-10-8;1-9(2,3)8-6-4-5-7-8;1-8(2,3)7-5-4-6-9-7;1-8(2,3)7-4-5-9-6-7;1-7(2,3)6-8-4-5-9-6;1-6(2)8-5-3-4-7(8)9;1-6(2,3)5-7-4-8-9-5/h4-7,9H,8H2,1-3H3;4-5,7H,6H2,1-3H3,(H,13,14);4-8,13H,1-3H3;5-8H,1-4H3;2*4-8H,1-3H3;2*4-7H,1-3H3;4,6-7H,5H2,1-3H3;4-5H,6H2,1-3H3;4-6H,1-3H3;4H,5H2,1-3H3;6H,3-5H2,1-2H3;4H,1-3H3,(H,7,8,9). The average Bonchev–Trinajstić information content (AvgIpc) is 1.65. The summed E-state index contributed by atoms with van der Waals surface area (Å²) in [7, 11) is 0. The maximum Gasteiger partial charge on any atom is 0.228 e.